The third-order valence-electron chi connectivity index (χ3n) is 7.70. The number of halogens is 5. The van der Waals surface area contributed by atoms with E-state index in [4.69, 9.17) is 16.3 Å². The van der Waals surface area contributed by atoms with Crippen LogP contribution in [0, 0.1) is 11.3 Å². The quantitative estimate of drug-likeness (QED) is 0.356. The molecule has 1 aromatic carbocycles. The van der Waals surface area contributed by atoms with Crippen LogP contribution in [-0.4, -0.2) is 62.8 Å². The molecule has 2 amide bonds. The lowest BCUT2D eigenvalue weighted by Crippen LogP contribution is -2.46. The maximum absolute atomic E-state index is 14.0. The maximum atomic E-state index is 14.0. The molecule has 0 bridgehead atoms. The van der Waals surface area contributed by atoms with Gasteiger partial charge in [-0.1, -0.05) is 24.1 Å². The van der Waals surface area contributed by atoms with E-state index in [9.17, 15) is 27.6 Å². The number of rotatable bonds is 5. The molecule has 1 aliphatic carbocycles. The van der Waals surface area contributed by atoms with Crippen molar-refractivity contribution in [2.45, 2.75) is 65.7 Å². The zero-order valence-electron chi connectivity index (χ0n) is 24.4. The van der Waals surface area contributed by atoms with Gasteiger partial charge in [-0.05, 0) is 87.0 Å². The first-order chi connectivity index (χ1) is 19.9. The number of carbonyl (C=O) groups excluding carboxylic acids is 3. The first kappa shape index (κ1) is 32.8. The number of benzene rings is 1. The summed E-state index contributed by atoms with van der Waals surface area (Å²) in [5, 5.41) is 9.18. The molecule has 1 unspecified atom stereocenters. The molecule has 2 heterocycles. The van der Waals surface area contributed by atoms with Crippen molar-refractivity contribution >= 4 is 57.1 Å². The highest BCUT2D eigenvalue weighted by Gasteiger charge is 2.49. The van der Waals surface area contributed by atoms with E-state index in [1.165, 1.54) is 0 Å². The summed E-state index contributed by atoms with van der Waals surface area (Å²) in [4.78, 5) is 45.2. The van der Waals surface area contributed by atoms with Crippen LogP contribution < -0.4 is 10.6 Å². The molecule has 0 radical (unpaired) electrons. The maximum Gasteiger partial charge on any atom is 0.416 e. The number of hydrogen-bond acceptors (Lipinski definition) is 7. The molecule has 1 saturated heterocycles. The van der Waals surface area contributed by atoms with Crippen LogP contribution in [0.5, 0.6) is 0 Å². The molecule has 15 heteroatoms. The summed E-state index contributed by atoms with van der Waals surface area (Å²) in [6, 6.07) is 2.60. The Kier molecular flexibility index (Phi) is 9.22. The number of carbonyl (C=O) groups is 3. The summed E-state index contributed by atoms with van der Waals surface area (Å²) in [5.41, 5.74) is -0.472. The molecule has 2 N–H and O–H groups in total. The van der Waals surface area contributed by atoms with E-state index in [0.29, 0.717) is 31.5 Å². The van der Waals surface area contributed by atoms with Crippen molar-refractivity contribution in [3.63, 3.8) is 0 Å². The Hall–Kier alpha value is -3.13. The van der Waals surface area contributed by atoms with E-state index in [2.05, 4.69) is 43.6 Å². The van der Waals surface area contributed by atoms with Crippen molar-refractivity contribution in [3.8, 4) is 0 Å². The lowest BCUT2D eigenvalue weighted by atomic mass is 9.72. The highest BCUT2D eigenvalue weighted by Crippen LogP contribution is 2.53. The summed E-state index contributed by atoms with van der Waals surface area (Å²) >= 11 is 9.14. The number of piperidine rings is 1. The van der Waals surface area contributed by atoms with Gasteiger partial charge in [0.2, 0.25) is 16.6 Å². The average Bonchev–Trinajstić information content (AvgIpc) is 3.38. The number of aromatic nitrogens is 3. The van der Waals surface area contributed by atoms with E-state index in [-0.39, 0.29) is 45.9 Å². The zero-order chi connectivity index (χ0) is 31.9. The largest absolute Gasteiger partial charge is 0.444 e. The van der Waals surface area contributed by atoms with Crippen LogP contribution in [0.4, 0.5) is 29.6 Å². The number of alkyl halides is 3. The normalized spacial score (nSPS) is 18.7. The van der Waals surface area contributed by atoms with Gasteiger partial charge in [-0.2, -0.15) is 22.8 Å². The fourth-order valence-electron chi connectivity index (χ4n) is 5.59. The Labute approximate surface area is 260 Å². The Balaban J connectivity index is 1.47. The minimum atomic E-state index is -4.57. The fourth-order valence-corrected chi connectivity index (χ4v) is 6.15. The summed E-state index contributed by atoms with van der Waals surface area (Å²) in [7, 11) is 0. The zero-order valence-corrected chi connectivity index (χ0v) is 26.7. The third kappa shape index (κ3) is 7.34. The molecule has 2 aliphatic rings. The third-order valence-corrected chi connectivity index (χ3v) is 8.35. The van der Waals surface area contributed by atoms with Gasteiger partial charge in [0.05, 0.1) is 22.8 Å². The molecule has 2 aromatic rings. The van der Waals surface area contributed by atoms with Gasteiger partial charge < -0.3 is 20.3 Å². The van der Waals surface area contributed by atoms with Gasteiger partial charge in [-0.3, -0.25) is 9.59 Å². The molecular weight excluding hydrogens is 657 g/mol. The van der Waals surface area contributed by atoms with Crippen molar-refractivity contribution in [1.82, 2.24) is 19.7 Å². The van der Waals surface area contributed by atoms with Crippen molar-refractivity contribution in [3.05, 3.63) is 44.7 Å². The number of nitrogens with one attached hydrogen (secondary N) is 2. The molecular formula is C28H33BrClF3N6O4. The summed E-state index contributed by atoms with van der Waals surface area (Å²) in [5.74, 6) is -0.878. The van der Waals surface area contributed by atoms with E-state index < -0.39 is 28.7 Å². The van der Waals surface area contributed by atoms with Gasteiger partial charge in [0, 0.05) is 24.1 Å². The lowest BCUT2D eigenvalue weighted by Gasteiger charge is -2.41. The van der Waals surface area contributed by atoms with Crippen LogP contribution >= 0.6 is 27.5 Å². The molecule has 1 aromatic heterocycles. The Morgan fingerprint density at radius 1 is 1.19 bits per heavy atom. The molecule has 10 nitrogen and oxygen atoms in total. The van der Waals surface area contributed by atoms with Crippen molar-refractivity contribution < 1.29 is 32.3 Å². The topological polar surface area (TPSA) is 118 Å². The van der Waals surface area contributed by atoms with Crippen LogP contribution in [-0.2, 0) is 15.7 Å². The molecule has 1 atom stereocenters. The first-order valence-electron chi connectivity index (χ1n) is 13.7. The van der Waals surface area contributed by atoms with Crippen molar-refractivity contribution in [2.24, 2.45) is 11.3 Å². The van der Waals surface area contributed by atoms with Crippen LogP contribution in [0.1, 0.15) is 64.2 Å². The Morgan fingerprint density at radius 3 is 2.42 bits per heavy atom. The van der Waals surface area contributed by atoms with E-state index in [1.54, 1.807) is 4.90 Å². The van der Waals surface area contributed by atoms with Gasteiger partial charge in [-0.15, -0.1) is 5.10 Å². The standard InChI is InChI=1S/C28H33BrClF3N6O4/c1-15-13-27(8-10-38(11-9-27)25(42)43-26(3,4)5)21(16(15)2)22(41)39-24(36-23(29)37-39)34-14-20(40)35-19-7-6-17(12-18(19)30)28(31,32)33/h6-7,12,15H,8-11,13-14H2,1-5H3,(H,35,40)(H,34,36,37). The van der Waals surface area contributed by atoms with Crippen LogP contribution in [0.2, 0.25) is 5.02 Å². The molecule has 0 saturated carbocycles. The second kappa shape index (κ2) is 12.1. The lowest BCUT2D eigenvalue weighted by molar-refractivity contribution is -0.137. The van der Waals surface area contributed by atoms with E-state index in [1.807, 2.05) is 27.7 Å². The highest BCUT2D eigenvalue weighted by atomic mass is 79.9. The van der Waals surface area contributed by atoms with Crippen LogP contribution in [0.3, 0.4) is 0 Å². The highest BCUT2D eigenvalue weighted by molar-refractivity contribution is 9.10. The Bertz CT molecular complexity index is 1460. The number of likely N-dealkylation sites (tertiary alicyclic amines) is 1. The van der Waals surface area contributed by atoms with Crippen molar-refractivity contribution in [2.75, 3.05) is 30.3 Å². The van der Waals surface area contributed by atoms with Gasteiger partial charge in [0.1, 0.15) is 5.60 Å². The van der Waals surface area contributed by atoms with Crippen molar-refractivity contribution in [1.29, 1.82) is 0 Å². The average molecular weight is 690 g/mol. The minimum Gasteiger partial charge on any atom is -0.444 e. The van der Waals surface area contributed by atoms with Gasteiger partial charge in [-0.25, -0.2) is 4.79 Å². The predicted molar refractivity (Wildman–Crippen MR) is 158 cm³/mol. The van der Waals surface area contributed by atoms with E-state index >= 15 is 0 Å². The van der Waals surface area contributed by atoms with Gasteiger partial charge in [0.15, 0.2) is 0 Å². The molecule has 234 valence electrons. The molecule has 1 aliphatic heterocycles. The first-order valence-corrected chi connectivity index (χ1v) is 14.8. The number of amides is 2. The molecule has 43 heavy (non-hydrogen) atoms. The smallest absolute Gasteiger partial charge is 0.416 e. The Morgan fingerprint density at radius 2 is 1.84 bits per heavy atom. The van der Waals surface area contributed by atoms with Gasteiger partial charge >= 0.3 is 12.3 Å². The molecule has 1 spiro atoms. The number of anilines is 2. The summed E-state index contributed by atoms with van der Waals surface area (Å²) < 4.78 is 45.5. The van der Waals surface area contributed by atoms with E-state index in [0.717, 1.165) is 34.9 Å². The number of hydrogen-bond donors (Lipinski definition) is 2. The van der Waals surface area contributed by atoms with Crippen LogP contribution in [0.15, 0.2) is 34.1 Å². The number of allylic oxidation sites excluding steroid dienone is 2. The molecule has 4 rings (SSSR count). The SMILES string of the molecule is CC1=C(C(=O)n2nc(Br)nc2NCC(=O)Nc2ccc(C(F)(F)F)cc2Cl)C2(CCN(C(=O)OC(C)(C)C)CC2)CC1C. The second-order valence-electron chi connectivity index (χ2n) is 11.9. The second-order valence-corrected chi connectivity index (χ2v) is 13.0. The number of ether oxygens (including phenoxy) is 1. The fraction of sp³-hybridized carbons (Fsp3) is 0.536. The summed E-state index contributed by atoms with van der Waals surface area (Å²) in [6.45, 7) is 9.92. The minimum absolute atomic E-state index is 0.000537. The monoisotopic (exact) mass is 688 g/mol. The van der Waals surface area contributed by atoms with Gasteiger partial charge in [0.25, 0.3) is 5.91 Å². The molecule has 1 fully saturated rings. The summed E-state index contributed by atoms with van der Waals surface area (Å²) in [6.07, 6.45) is -3.06. The van der Waals surface area contributed by atoms with Crippen LogP contribution in [0.25, 0.3) is 0 Å². The predicted octanol–water partition coefficient (Wildman–Crippen LogP) is 6.78. The number of nitrogens with zero attached hydrogens (tertiary/aromatic N) is 4.